The minimum absolute atomic E-state index is 0.543. The molecule has 4 heteroatoms. The maximum Gasteiger partial charge on any atom is 0.226 e. The summed E-state index contributed by atoms with van der Waals surface area (Å²) >= 11 is 0. The Morgan fingerprint density at radius 3 is 2.60 bits per heavy atom. The first-order valence-electron chi connectivity index (χ1n) is 8.45. The molecule has 1 aliphatic heterocycles. The van der Waals surface area contributed by atoms with Gasteiger partial charge in [-0.3, -0.25) is 0 Å². The molecule has 0 aromatic carbocycles. The fraction of sp³-hybridized carbons (Fsp3) is 0.875. The summed E-state index contributed by atoms with van der Waals surface area (Å²) < 4.78 is 5.47. The second-order valence-corrected chi connectivity index (χ2v) is 6.49. The van der Waals surface area contributed by atoms with Gasteiger partial charge in [-0.1, -0.05) is 37.3 Å². The molecule has 4 nitrogen and oxygen atoms in total. The van der Waals surface area contributed by atoms with Crippen molar-refractivity contribution in [1.29, 1.82) is 0 Å². The van der Waals surface area contributed by atoms with E-state index in [0.29, 0.717) is 5.92 Å². The van der Waals surface area contributed by atoms with Crippen molar-refractivity contribution in [2.75, 3.05) is 13.1 Å². The summed E-state index contributed by atoms with van der Waals surface area (Å²) in [5, 5.41) is 7.67. The van der Waals surface area contributed by atoms with Crippen molar-refractivity contribution in [2.45, 2.75) is 70.1 Å². The van der Waals surface area contributed by atoms with Gasteiger partial charge in [0.1, 0.15) is 0 Å². The second-order valence-electron chi connectivity index (χ2n) is 6.49. The van der Waals surface area contributed by atoms with Gasteiger partial charge < -0.3 is 9.84 Å². The zero-order chi connectivity index (χ0) is 13.6. The van der Waals surface area contributed by atoms with Crippen molar-refractivity contribution >= 4 is 0 Å². The van der Waals surface area contributed by atoms with Crippen molar-refractivity contribution in [3.63, 3.8) is 0 Å². The van der Waals surface area contributed by atoms with Crippen molar-refractivity contribution in [2.24, 2.45) is 5.92 Å². The highest BCUT2D eigenvalue weighted by atomic mass is 16.5. The van der Waals surface area contributed by atoms with Crippen LogP contribution < -0.4 is 5.32 Å². The Bertz CT molecular complexity index is 390. The molecule has 1 atom stereocenters. The molecule has 112 valence electrons. The van der Waals surface area contributed by atoms with Crippen LogP contribution in [0.1, 0.15) is 75.4 Å². The van der Waals surface area contributed by atoms with Gasteiger partial charge in [0.2, 0.25) is 5.89 Å². The average Bonchev–Trinajstić information content (AvgIpc) is 3.07. The monoisotopic (exact) mass is 277 g/mol. The van der Waals surface area contributed by atoms with Gasteiger partial charge in [-0.05, 0) is 44.7 Å². The highest BCUT2D eigenvalue weighted by Crippen LogP contribution is 2.29. The molecule has 0 amide bonds. The fourth-order valence-electron chi connectivity index (χ4n) is 3.54. The molecule has 1 aromatic heterocycles. The van der Waals surface area contributed by atoms with Gasteiger partial charge in [-0.15, -0.1) is 0 Å². The lowest BCUT2D eigenvalue weighted by Gasteiger charge is -2.15. The first kappa shape index (κ1) is 14.1. The van der Waals surface area contributed by atoms with Gasteiger partial charge in [0.25, 0.3) is 0 Å². The number of nitrogens with one attached hydrogen (secondary N) is 1. The van der Waals surface area contributed by atoms with Gasteiger partial charge in [0, 0.05) is 12.3 Å². The van der Waals surface area contributed by atoms with E-state index in [-0.39, 0.29) is 0 Å². The fourth-order valence-corrected chi connectivity index (χ4v) is 3.54. The third-order valence-corrected chi connectivity index (χ3v) is 4.88. The van der Waals surface area contributed by atoms with Gasteiger partial charge in [-0.25, -0.2) is 0 Å². The standard InChI is InChI=1S/C16H27N3O/c1-2-4-6-14(7-5-3-1)16-18-15(20-19-16)9-8-13-10-11-17-12-13/h13-14,17H,1-12H2. The molecule has 2 fully saturated rings. The molecular formula is C16H27N3O. The van der Waals surface area contributed by atoms with Crippen molar-refractivity contribution in [1.82, 2.24) is 15.5 Å². The summed E-state index contributed by atoms with van der Waals surface area (Å²) in [6.45, 7) is 2.32. The maximum absolute atomic E-state index is 5.47. The molecule has 1 saturated heterocycles. The van der Waals surface area contributed by atoms with E-state index in [4.69, 9.17) is 4.52 Å². The van der Waals surface area contributed by atoms with Gasteiger partial charge in [0.15, 0.2) is 5.82 Å². The molecule has 20 heavy (non-hydrogen) atoms. The largest absolute Gasteiger partial charge is 0.339 e. The number of aryl methyl sites for hydroxylation is 1. The number of nitrogens with zero attached hydrogens (tertiary/aromatic N) is 2. The lowest BCUT2D eigenvalue weighted by atomic mass is 9.91. The molecule has 0 bridgehead atoms. The Morgan fingerprint density at radius 2 is 1.85 bits per heavy atom. The second kappa shape index (κ2) is 7.21. The summed E-state index contributed by atoms with van der Waals surface area (Å²) in [6, 6.07) is 0. The van der Waals surface area contributed by atoms with Crippen LogP contribution in [0.2, 0.25) is 0 Å². The third-order valence-electron chi connectivity index (χ3n) is 4.88. The first-order valence-corrected chi connectivity index (χ1v) is 8.45. The topological polar surface area (TPSA) is 51.0 Å². The van der Waals surface area contributed by atoms with Crippen molar-refractivity contribution in [3.8, 4) is 0 Å². The number of aromatic nitrogens is 2. The van der Waals surface area contributed by atoms with E-state index in [9.17, 15) is 0 Å². The molecule has 1 aromatic rings. The molecule has 2 heterocycles. The van der Waals surface area contributed by atoms with E-state index in [0.717, 1.165) is 30.6 Å². The zero-order valence-corrected chi connectivity index (χ0v) is 12.4. The molecule has 0 spiro atoms. The van der Waals surface area contributed by atoms with E-state index in [1.54, 1.807) is 0 Å². The SMILES string of the molecule is C1CCCC(c2noc(CCC3CCNC3)n2)CCC1. The van der Waals surface area contributed by atoms with E-state index >= 15 is 0 Å². The van der Waals surface area contributed by atoms with Gasteiger partial charge in [-0.2, -0.15) is 4.98 Å². The predicted molar refractivity (Wildman–Crippen MR) is 78.7 cm³/mol. The van der Waals surface area contributed by atoms with Crippen LogP contribution >= 0.6 is 0 Å². The summed E-state index contributed by atoms with van der Waals surface area (Å²) in [7, 11) is 0. The van der Waals surface area contributed by atoms with Crippen LogP contribution in [0.25, 0.3) is 0 Å². The van der Waals surface area contributed by atoms with Crippen LogP contribution in [0.4, 0.5) is 0 Å². The number of rotatable bonds is 4. The highest BCUT2D eigenvalue weighted by Gasteiger charge is 2.20. The molecule has 1 N–H and O–H groups in total. The maximum atomic E-state index is 5.47. The van der Waals surface area contributed by atoms with Crippen LogP contribution in [0, 0.1) is 5.92 Å². The average molecular weight is 277 g/mol. The lowest BCUT2D eigenvalue weighted by Crippen LogP contribution is -2.09. The molecule has 1 unspecified atom stereocenters. The van der Waals surface area contributed by atoms with Crippen molar-refractivity contribution in [3.05, 3.63) is 11.7 Å². The van der Waals surface area contributed by atoms with Crippen LogP contribution in [-0.2, 0) is 6.42 Å². The molecular weight excluding hydrogens is 250 g/mol. The lowest BCUT2D eigenvalue weighted by molar-refractivity contribution is 0.352. The number of hydrogen-bond acceptors (Lipinski definition) is 4. The Kier molecular flexibility index (Phi) is 5.06. The smallest absolute Gasteiger partial charge is 0.226 e. The number of hydrogen-bond donors (Lipinski definition) is 1. The Morgan fingerprint density at radius 1 is 1.05 bits per heavy atom. The van der Waals surface area contributed by atoms with Crippen LogP contribution in [-0.4, -0.2) is 23.2 Å². The predicted octanol–water partition coefficient (Wildman–Crippen LogP) is 3.44. The zero-order valence-electron chi connectivity index (χ0n) is 12.4. The Balaban J connectivity index is 1.51. The molecule has 1 aliphatic carbocycles. The summed E-state index contributed by atoms with van der Waals surface area (Å²) in [6.07, 6.45) is 12.7. The third kappa shape index (κ3) is 3.81. The molecule has 1 saturated carbocycles. The highest BCUT2D eigenvalue weighted by molar-refractivity contribution is 4.96. The van der Waals surface area contributed by atoms with Crippen molar-refractivity contribution < 1.29 is 4.52 Å². The molecule has 3 rings (SSSR count). The first-order chi connectivity index (χ1) is 9.92. The van der Waals surface area contributed by atoms with Crippen LogP contribution in [0.15, 0.2) is 4.52 Å². The summed E-state index contributed by atoms with van der Waals surface area (Å²) in [4.78, 5) is 4.67. The minimum Gasteiger partial charge on any atom is -0.339 e. The summed E-state index contributed by atoms with van der Waals surface area (Å²) in [5.41, 5.74) is 0. The molecule has 0 radical (unpaired) electrons. The van der Waals surface area contributed by atoms with E-state index in [1.165, 1.54) is 64.3 Å². The quantitative estimate of drug-likeness (QED) is 0.916. The summed E-state index contributed by atoms with van der Waals surface area (Å²) in [5.74, 6) is 3.17. The van der Waals surface area contributed by atoms with Crippen LogP contribution in [0.3, 0.4) is 0 Å². The van der Waals surface area contributed by atoms with E-state index < -0.39 is 0 Å². The Labute approximate surface area is 121 Å². The van der Waals surface area contributed by atoms with Gasteiger partial charge in [0.05, 0.1) is 0 Å². The normalized spacial score (nSPS) is 25.5. The minimum atomic E-state index is 0.543. The molecule has 2 aliphatic rings. The van der Waals surface area contributed by atoms with Crippen LogP contribution in [0.5, 0.6) is 0 Å². The Hall–Kier alpha value is -0.900. The van der Waals surface area contributed by atoms with Gasteiger partial charge >= 0.3 is 0 Å². The van der Waals surface area contributed by atoms with E-state index in [2.05, 4.69) is 15.5 Å². The van der Waals surface area contributed by atoms with E-state index in [1.807, 2.05) is 0 Å².